The van der Waals surface area contributed by atoms with Gasteiger partial charge in [-0.3, -0.25) is 4.99 Å². The molecule has 0 spiro atoms. The molecular formula is C7H11NO2S. The van der Waals surface area contributed by atoms with Gasteiger partial charge in [0, 0.05) is 0 Å². The molecule has 1 aliphatic heterocycles. The van der Waals surface area contributed by atoms with Crippen molar-refractivity contribution in [1.29, 1.82) is 0 Å². The van der Waals surface area contributed by atoms with Gasteiger partial charge in [-0.05, 0) is 19.1 Å². The number of aliphatic imine (C=N–C) groups is 1. The van der Waals surface area contributed by atoms with Crippen LogP contribution in [0.2, 0.25) is 0 Å². The number of hydrogen-bond acceptors (Lipinski definition) is 4. The van der Waals surface area contributed by atoms with Gasteiger partial charge < -0.3 is 4.74 Å². The predicted molar refractivity (Wildman–Crippen MR) is 46.0 cm³/mol. The van der Waals surface area contributed by atoms with Gasteiger partial charge in [-0.15, -0.1) is 11.8 Å². The van der Waals surface area contributed by atoms with Gasteiger partial charge in [-0.2, -0.15) is 0 Å². The molecule has 1 rings (SSSR count). The van der Waals surface area contributed by atoms with E-state index in [1.54, 1.807) is 11.8 Å². The molecule has 0 saturated heterocycles. The number of esters is 1. The number of carbonyl (C=O) groups is 1. The summed E-state index contributed by atoms with van der Waals surface area (Å²) in [6.07, 6.45) is 3.70. The fourth-order valence-corrected chi connectivity index (χ4v) is 1.58. The minimum atomic E-state index is -0.234. The van der Waals surface area contributed by atoms with Gasteiger partial charge in [-0.1, -0.05) is 0 Å². The second-order valence-corrected chi connectivity index (χ2v) is 3.18. The highest BCUT2D eigenvalue weighted by Gasteiger charge is 2.24. The van der Waals surface area contributed by atoms with Crippen molar-refractivity contribution in [3.8, 4) is 0 Å². The highest BCUT2D eigenvalue weighted by atomic mass is 32.2. The summed E-state index contributed by atoms with van der Waals surface area (Å²) >= 11 is 1.61. The van der Waals surface area contributed by atoms with Gasteiger partial charge in [0.1, 0.15) is 6.04 Å². The van der Waals surface area contributed by atoms with Gasteiger partial charge in [0.05, 0.1) is 12.2 Å². The summed E-state index contributed by atoms with van der Waals surface area (Å²) in [4.78, 5) is 15.1. The monoisotopic (exact) mass is 173 g/mol. The standard InChI is InChI=1S/C7H11NO2S/c1-10-7(9)5-3-4-6(8-5)11-2/h5H,3-4H2,1-2H3/t5-/m1/s1. The quantitative estimate of drug-likeness (QED) is 0.557. The summed E-state index contributed by atoms with van der Waals surface area (Å²) < 4.78 is 4.57. The third-order valence-corrected chi connectivity index (χ3v) is 2.42. The Morgan fingerprint density at radius 2 is 2.55 bits per heavy atom. The first-order valence-corrected chi connectivity index (χ1v) is 4.69. The summed E-state index contributed by atoms with van der Waals surface area (Å²) in [6.45, 7) is 0. The summed E-state index contributed by atoms with van der Waals surface area (Å²) in [7, 11) is 1.40. The Morgan fingerprint density at radius 3 is 3.00 bits per heavy atom. The predicted octanol–water partition coefficient (Wildman–Crippen LogP) is 1.08. The van der Waals surface area contributed by atoms with Crippen LogP contribution in [-0.2, 0) is 9.53 Å². The maximum absolute atomic E-state index is 10.9. The van der Waals surface area contributed by atoms with Crippen molar-refractivity contribution in [2.24, 2.45) is 4.99 Å². The summed E-state index contributed by atoms with van der Waals surface area (Å²) in [5.74, 6) is -0.214. The average Bonchev–Trinajstić information content (AvgIpc) is 2.50. The molecule has 4 heteroatoms. The molecule has 1 aliphatic rings. The van der Waals surface area contributed by atoms with Crippen molar-refractivity contribution in [1.82, 2.24) is 0 Å². The van der Waals surface area contributed by atoms with Gasteiger partial charge in [0.15, 0.2) is 0 Å². The van der Waals surface area contributed by atoms with E-state index in [9.17, 15) is 4.79 Å². The van der Waals surface area contributed by atoms with Crippen molar-refractivity contribution in [3.05, 3.63) is 0 Å². The number of carbonyl (C=O) groups excluding carboxylic acids is 1. The van der Waals surface area contributed by atoms with Crippen LogP contribution < -0.4 is 0 Å². The first-order valence-electron chi connectivity index (χ1n) is 3.46. The molecule has 0 saturated carbocycles. The molecule has 0 aromatic heterocycles. The van der Waals surface area contributed by atoms with E-state index < -0.39 is 0 Å². The minimum Gasteiger partial charge on any atom is -0.467 e. The summed E-state index contributed by atoms with van der Waals surface area (Å²) in [5, 5.41) is 1.06. The van der Waals surface area contributed by atoms with Crippen molar-refractivity contribution in [3.63, 3.8) is 0 Å². The molecule has 62 valence electrons. The molecule has 0 radical (unpaired) electrons. The maximum atomic E-state index is 10.9. The molecule has 0 amide bonds. The van der Waals surface area contributed by atoms with Crippen LogP contribution in [0.4, 0.5) is 0 Å². The molecule has 0 unspecified atom stereocenters. The fraction of sp³-hybridized carbons (Fsp3) is 0.714. The Hall–Kier alpha value is -0.510. The van der Waals surface area contributed by atoms with E-state index in [-0.39, 0.29) is 12.0 Å². The number of ether oxygens (including phenoxy) is 1. The largest absolute Gasteiger partial charge is 0.467 e. The number of nitrogens with zero attached hydrogens (tertiary/aromatic N) is 1. The van der Waals surface area contributed by atoms with E-state index in [0.717, 1.165) is 17.9 Å². The molecule has 1 atom stereocenters. The van der Waals surface area contributed by atoms with Crippen LogP contribution in [0, 0.1) is 0 Å². The Kier molecular flexibility index (Phi) is 2.93. The zero-order chi connectivity index (χ0) is 8.27. The highest BCUT2D eigenvalue weighted by Crippen LogP contribution is 2.19. The smallest absolute Gasteiger partial charge is 0.330 e. The Bertz CT molecular complexity index is 191. The first-order chi connectivity index (χ1) is 5.27. The molecule has 0 aliphatic carbocycles. The molecule has 11 heavy (non-hydrogen) atoms. The van der Waals surface area contributed by atoms with Crippen molar-refractivity contribution in [2.45, 2.75) is 18.9 Å². The fourth-order valence-electron chi connectivity index (χ4n) is 1.02. The lowest BCUT2D eigenvalue weighted by Crippen LogP contribution is -2.16. The van der Waals surface area contributed by atoms with E-state index in [0.29, 0.717) is 0 Å². The summed E-state index contributed by atoms with van der Waals surface area (Å²) in [6, 6.07) is -0.234. The van der Waals surface area contributed by atoms with Crippen molar-refractivity contribution < 1.29 is 9.53 Å². The Morgan fingerprint density at radius 1 is 1.82 bits per heavy atom. The Labute approximate surface area is 70.2 Å². The highest BCUT2D eigenvalue weighted by molar-refractivity contribution is 8.13. The van der Waals surface area contributed by atoms with Gasteiger partial charge >= 0.3 is 5.97 Å². The molecule has 0 N–H and O–H groups in total. The lowest BCUT2D eigenvalue weighted by Gasteiger charge is -2.01. The lowest BCUT2D eigenvalue weighted by atomic mass is 10.2. The molecular weight excluding hydrogens is 162 g/mol. The molecule has 0 bridgehead atoms. The van der Waals surface area contributed by atoms with Gasteiger partial charge in [0.25, 0.3) is 0 Å². The van der Waals surface area contributed by atoms with Crippen LogP contribution in [0.1, 0.15) is 12.8 Å². The number of rotatable bonds is 1. The van der Waals surface area contributed by atoms with Crippen LogP contribution in [0.3, 0.4) is 0 Å². The molecule has 3 nitrogen and oxygen atoms in total. The molecule has 0 aromatic rings. The summed E-state index contributed by atoms with van der Waals surface area (Å²) in [5.41, 5.74) is 0. The van der Waals surface area contributed by atoms with Crippen LogP contribution >= 0.6 is 11.8 Å². The van der Waals surface area contributed by atoms with Gasteiger partial charge in [-0.25, -0.2) is 4.79 Å². The van der Waals surface area contributed by atoms with Crippen molar-refractivity contribution in [2.75, 3.05) is 13.4 Å². The maximum Gasteiger partial charge on any atom is 0.330 e. The topological polar surface area (TPSA) is 38.7 Å². The van der Waals surface area contributed by atoms with E-state index in [1.165, 1.54) is 7.11 Å². The zero-order valence-electron chi connectivity index (χ0n) is 6.66. The van der Waals surface area contributed by atoms with Crippen molar-refractivity contribution >= 4 is 22.8 Å². The van der Waals surface area contributed by atoms with Gasteiger partial charge in [0.2, 0.25) is 0 Å². The minimum absolute atomic E-state index is 0.214. The first kappa shape index (κ1) is 8.59. The average molecular weight is 173 g/mol. The second kappa shape index (κ2) is 3.76. The zero-order valence-corrected chi connectivity index (χ0v) is 7.48. The molecule has 0 fully saturated rings. The molecule has 0 aromatic carbocycles. The number of methoxy groups -OCH3 is 1. The third-order valence-electron chi connectivity index (χ3n) is 1.64. The van der Waals surface area contributed by atoms with E-state index in [1.807, 2.05) is 6.26 Å². The second-order valence-electron chi connectivity index (χ2n) is 2.30. The third kappa shape index (κ3) is 1.96. The van der Waals surface area contributed by atoms with E-state index in [2.05, 4.69) is 9.73 Å². The lowest BCUT2D eigenvalue weighted by molar-refractivity contribution is -0.141. The number of hydrogen-bond donors (Lipinski definition) is 0. The normalized spacial score (nSPS) is 23.1. The van der Waals surface area contributed by atoms with Crippen LogP contribution in [0.5, 0.6) is 0 Å². The van der Waals surface area contributed by atoms with Crippen LogP contribution in [-0.4, -0.2) is 30.4 Å². The SMILES string of the molecule is COC(=O)[C@H]1CCC(SC)=N1. The van der Waals surface area contributed by atoms with E-state index >= 15 is 0 Å². The van der Waals surface area contributed by atoms with E-state index in [4.69, 9.17) is 0 Å². The molecule has 1 heterocycles. The Balaban J connectivity index is 2.52. The van der Waals surface area contributed by atoms with Crippen LogP contribution in [0.25, 0.3) is 0 Å². The van der Waals surface area contributed by atoms with Crippen LogP contribution in [0.15, 0.2) is 4.99 Å². The number of thioether (sulfide) groups is 1.